The summed E-state index contributed by atoms with van der Waals surface area (Å²) in [6.07, 6.45) is 5.56. The SMILES string of the molecule is Cc1c(C#Cc2ccc(OC(=O)c3ccccc3)cc2)ccc(-n2ccnc2)c1C(C)C. The largest absolute Gasteiger partial charge is 0.423 e. The minimum Gasteiger partial charge on any atom is -0.423 e. The highest BCUT2D eigenvalue weighted by atomic mass is 16.5. The number of aromatic nitrogens is 2. The number of hydrogen-bond acceptors (Lipinski definition) is 3. The number of carbonyl (C=O) groups excluding carboxylic acids is 1. The normalized spacial score (nSPS) is 10.5. The number of carbonyl (C=O) groups is 1. The maximum Gasteiger partial charge on any atom is 0.343 e. The quantitative estimate of drug-likeness (QED) is 0.234. The summed E-state index contributed by atoms with van der Waals surface area (Å²) in [7, 11) is 0. The molecule has 0 amide bonds. The lowest BCUT2D eigenvalue weighted by molar-refractivity contribution is 0.0734. The van der Waals surface area contributed by atoms with Crippen molar-refractivity contribution in [2.45, 2.75) is 26.7 Å². The van der Waals surface area contributed by atoms with Crippen molar-refractivity contribution < 1.29 is 9.53 Å². The Morgan fingerprint density at radius 3 is 2.38 bits per heavy atom. The molecule has 1 aromatic heterocycles. The van der Waals surface area contributed by atoms with Gasteiger partial charge in [0.05, 0.1) is 17.6 Å². The minimum atomic E-state index is -0.376. The van der Waals surface area contributed by atoms with E-state index in [1.165, 1.54) is 11.1 Å². The summed E-state index contributed by atoms with van der Waals surface area (Å²) in [4.78, 5) is 16.4. The molecule has 1 heterocycles. The molecular formula is C28H24N2O2. The van der Waals surface area contributed by atoms with Gasteiger partial charge in [0, 0.05) is 23.5 Å². The average molecular weight is 421 g/mol. The Hall–Kier alpha value is -4.10. The van der Waals surface area contributed by atoms with E-state index in [1.807, 2.05) is 47.4 Å². The number of imidazole rings is 1. The van der Waals surface area contributed by atoms with Crippen LogP contribution in [0.3, 0.4) is 0 Å². The van der Waals surface area contributed by atoms with Crippen LogP contribution in [0.5, 0.6) is 5.75 Å². The number of benzene rings is 3. The summed E-state index contributed by atoms with van der Waals surface area (Å²) in [5.41, 5.74) is 5.94. The van der Waals surface area contributed by atoms with E-state index in [9.17, 15) is 4.79 Å². The van der Waals surface area contributed by atoms with Crippen molar-refractivity contribution in [3.63, 3.8) is 0 Å². The fraction of sp³-hybridized carbons (Fsp3) is 0.143. The summed E-state index contributed by atoms with van der Waals surface area (Å²) in [5.74, 6) is 7.00. The third kappa shape index (κ3) is 4.63. The molecule has 0 spiro atoms. The second-order valence-corrected chi connectivity index (χ2v) is 7.83. The van der Waals surface area contributed by atoms with E-state index in [0.29, 0.717) is 17.2 Å². The summed E-state index contributed by atoms with van der Waals surface area (Å²) < 4.78 is 7.47. The van der Waals surface area contributed by atoms with Crippen LogP contribution < -0.4 is 4.74 Å². The molecule has 0 atom stereocenters. The summed E-state index contributed by atoms with van der Waals surface area (Å²) >= 11 is 0. The first-order chi connectivity index (χ1) is 15.5. The fourth-order valence-electron chi connectivity index (χ4n) is 3.69. The maximum atomic E-state index is 12.2. The summed E-state index contributed by atoms with van der Waals surface area (Å²) in [5, 5.41) is 0. The molecule has 4 rings (SSSR count). The molecule has 0 aliphatic rings. The number of ether oxygens (including phenoxy) is 1. The smallest absolute Gasteiger partial charge is 0.343 e. The Morgan fingerprint density at radius 2 is 1.72 bits per heavy atom. The van der Waals surface area contributed by atoms with Crippen LogP contribution in [0.15, 0.2) is 85.5 Å². The lowest BCUT2D eigenvalue weighted by atomic mass is 9.92. The summed E-state index contributed by atoms with van der Waals surface area (Å²) in [6.45, 7) is 6.50. The van der Waals surface area contributed by atoms with Gasteiger partial charge in [-0.25, -0.2) is 9.78 Å². The first-order valence-electron chi connectivity index (χ1n) is 10.5. The molecule has 0 radical (unpaired) electrons. The molecule has 0 unspecified atom stereocenters. The molecule has 4 nitrogen and oxygen atoms in total. The average Bonchev–Trinajstić information content (AvgIpc) is 3.34. The molecule has 0 saturated carbocycles. The molecule has 0 fully saturated rings. The molecule has 158 valence electrons. The molecule has 4 heteroatoms. The van der Waals surface area contributed by atoms with Crippen molar-refractivity contribution in [3.05, 3.63) is 113 Å². The van der Waals surface area contributed by atoms with Gasteiger partial charge in [-0.15, -0.1) is 0 Å². The second-order valence-electron chi connectivity index (χ2n) is 7.83. The molecular weight excluding hydrogens is 396 g/mol. The zero-order valence-electron chi connectivity index (χ0n) is 18.4. The Labute approximate surface area is 188 Å². The van der Waals surface area contributed by atoms with E-state index < -0.39 is 0 Å². The number of nitrogens with zero attached hydrogens (tertiary/aromatic N) is 2. The van der Waals surface area contributed by atoms with Gasteiger partial charge >= 0.3 is 5.97 Å². The Balaban J connectivity index is 1.54. The standard InChI is InChI=1S/C28H24N2O2/c1-20(2)27-21(3)23(13-16-26(27)30-18-17-29-19-30)12-9-22-10-14-25(15-11-22)32-28(31)24-7-5-4-6-8-24/h4-8,10-11,13-20H,1-3H3. The topological polar surface area (TPSA) is 44.1 Å². The van der Waals surface area contributed by atoms with Gasteiger partial charge in [0.15, 0.2) is 0 Å². The van der Waals surface area contributed by atoms with Crippen LogP contribution in [0.2, 0.25) is 0 Å². The highest BCUT2D eigenvalue weighted by Gasteiger charge is 2.14. The number of rotatable bonds is 4. The van der Waals surface area contributed by atoms with E-state index in [0.717, 1.165) is 16.8 Å². The Morgan fingerprint density at radius 1 is 0.969 bits per heavy atom. The minimum absolute atomic E-state index is 0.354. The highest BCUT2D eigenvalue weighted by Crippen LogP contribution is 2.28. The van der Waals surface area contributed by atoms with Gasteiger partial charge in [-0.05, 0) is 72.5 Å². The van der Waals surface area contributed by atoms with Crippen LogP contribution in [-0.4, -0.2) is 15.5 Å². The van der Waals surface area contributed by atoms with Gasteiger partial charge in [-0.2, -0.15) is 0 Å². The molecule has 3 aromatic carbocycles. The van der Waals surface area contributed by atoms with Gasteiger partial charge in [-0.1, -0.05) is 43.9 Å². The van der Waals surface area contributed by atoms with Gasteiger partial charge in [0.25, 0.3) is 0 Å². The predicted octanol–water partition coefficient (Wildman–Crippen LogP) is 5.92. The number of esters is 1. The van der Waals surface area contributed by atoms with Crippen molar-refractivity contribution in [1.29, 1.82) is 0 Å². The molecule has 0 aliphatic carbocycles. The Kier molecular flexibility index (Phi) is 6.19. The van der Waals surface area contributed by atoms with E-state index in [4.69, 9.17) is 4.74 Å². The predicted molar refractivity (Wildman–Crippen MR) is 126 cm³/mol. The number of hydrogen-bond donors (Lipinski definition) is 0. The van der Waals surface area contributed by atoms with E-state index in [1.54, 1.807) is 30.5 Å². The first kappa shape index (κ1) is 21.1. The first-order valence-corrected chi connectivity index (χ1v) is 10.5. The van der Waals surface area contributed by atoms with Crippen molar-refractivity contribution in [1.82, 2.24) is 9.55 Å². The highest BCUT2D eigenvalue weighted by molar-refractivity contribution is 5.90. The molecule has 0 N–H and O–H groups in total. The van der Waals surface area contributed by atoms with Crippen molar-refractivity contribution >= 4 is 5.97 Å². The third-order valence-corrected chi connectivity index (χ3v) is 5.27. The van der Waals surface area contributed by atoms with E-state index in [2.05, 4.69) is 49.7 Å². The third-order valence-electron chi connectivity index (χ3n) is 5.27. The zero-order valence-corrected chi connectivity index (χ0v) is 18.4. The van der Waals surface area contributed by atoms with Gasteiger partial charge in [0.2, 0.25) is 0 Å². The van der Waals surface area contributed by atoms with Crippen LogP contribution in [0, 0.1) is 18.8 Å². The zero-order chi connectivity index (χ0) is 22.5. The summed E-state index contributed by atoms with van der Waals surface area (Å²) in [6, 6.07) is 20.3. The molecule has 0 aliphatic heterocycles. The van der Waals surface area contributed by atoms with Crippen LogP contribution in [-0.2, 0) is 0 Å². The monoisotopic (exact) mass is 420 g/mol. The van der Waals surface area contributed by atoms with E-state index >= 15 is 0 Å². The maximum absolute atomic E-state index is 12.2. The van der Waals surface area contributed by atoms with Crippen molar-refractivity contribution in [2.75, 3.05) is 0 Å². The lowest BCUT2D eigenvalue weighted by Crippen LogP contribution is -2.07. The second kappa shape index (κ2) is 9.36. The Bertz CT molecular complexity index is 1280. The van der Waals surface area contributed by atoms with Crippen molar-refractivity contribution in [3.8, 4) is 23.3 Å². The van der Waals surface area contributed by atoms with Crippen LogP contribution in [0.1, 0.15) is 52.4 Å². The molecule has 0 saturated heterocycles. The van der Waals surface area contributed by atoms with Crippen LogP contribution in [0.4, 0.5) is 0 Å². The van der Waals surface area contributed by atoms with Gasteiger partial charge in [0.1, 0.15) is 5.75 Å². The lowest BCUT2D eigenvalue weighted by Gasteiger charge is -2.17. The van der Waals surface area contributed by atoms with Crippen molar-refractivity contribution in [2.24, 2.45) is 0 Å². The van der Waals surface area contributed by atoms with Gasteiger partial charge in [-0.3, -0.25) is 0 Å². The van der Waals surface area contributed by atoms with Crippen LogP contribution in [0.25, 0.3) is 5.69 Å². The van der Waals surface area contributed by atoms with Gasteiger partial charge < -0.3 is 9.30 Å². The fourth-order valence-corrected chi connectivity index (χ4v) is 3.69. The van der Waals surface area contributed by atoms with E-state index in [-0.39, 0.29) is 5.97 Å². The molecule has 0 bridgehead atoms. The molecule has 32 heavy (non-hydrogen) atoms. The molecule has 4 aromatic rings. The van der Waals surface area contributed by atoms with Crippen LogP contribution >= 0.6 is 0 Å².